The fourth-order valence-corrected chi connectivity index (χ4v) is 1.40. The van der Waals surface area contributed by atoms with Crippen LogP contribution in [0.25, 0.3) is 0 Å². The van der Waals surface area contributed by atoms with Crippen LogP contribution in [-0.4, -0.2) is 23.2 Å². The lowest BCUT2D eigenvalue weighted by atomic mass is 10.1. The Morgan fingerprint density at radius 3 is 2.37 bits per heavy atom. The molecule has 19 heavy (non-hydrogen) atoms. The molecule has 0 saturated carbocycles. The normalized spacial score (nSPS) is 11.2. The van der Waals surface area contributed by atoms with Crippen LogP contribution in [-0.2, 0) is 11.3 Å². The highest BCUT2D eigenvalue weighted by atomic mass is 35.5. The van der Waals surface area contributed by atoms with E-state index in [9.17, 15) is 27.2 Å². The van der Waals surface area contributed by atoms with E-state index in [1.54, 1.807) is 0 Å². The molecule has 0 aliphatic heterocycles. The van der Waals surface area contributed by atoms with E-state index >= 15 is 0 Å². The second-order valence-corrected chi connectivity index (χ2v) is 3.82. The first kappa shape index (κ1) is 15.2. The van der Waals surface area contributed by atoms with Crippen LogP contribution < -0.4 is 5.32 Å². The Kier molecular flexibility index (Phi) is 4.35. The number of amides is 1. The second-order valence-electron chi connectivity index (χ2n) is 3.41. The summed E-state index contributed by atoms with van der Waals surface area (Å²) >= 11 is 5.44. The molecule has 0 saturated heterocycles. The average molecular weight is 300 g/mol. The van der Waals surface area contributed by atoms with Crippen LogP contribution in [0, 0.1) is 5.82 Å². The number of carboxylic acid groups (broad SMARTS) is 1. The van der Waals surface area contributed by atoms with Crippen LogP contribution in [0.5, 0.6) is 0 Å². The van der Waals surface area contributed by atoms with Crippen LogP contribution in [0.2, 0.25) is 5.02 Å². The van der Waals surface area contributed by atoms with E-state index in [2.05, 4.69) is 0 Å². The largest absolute Gasteiger partial charge is 0.478 e. The highest BCUT2D eigenvalue weighted by Crippen LogP contribution is 2.21. The second kappa shape index (κ2) is 5.43. The molecule has 0 heterocycles. The van der Waals surface area contributed by atoms with Gasteiger partial charge in [0, 0.05) is 12.1 Å². The van der Waals surface area contributed by atoms with Gasteiger partial charge >= 0.3 is 18.1 Å². The standard InChI is InChI=1S/C10H6ClF4NO3/c11-6-2-7(12)4(1-5(6)8(17)18)3-16-9(19)10(13,14)15/h1-2H,3H2,(H,16,19)(H,17,18). The summed E-state index contributed by atoms with van der Waals surface area (Å²) in [5.74, 6) is -4.73. The Labute approximate surface area is 109 Å². The molecule has 0 radical (unpaired) electrons. The van der Waals surface area contributed by atoms with Crippen molar-refractivity contribution < 1.29 is 32.3 Å². The van der Waals surface area contributed by atoms with E-state index in [1.165, 1.54) is 5.32 Å². The van der Waals surface area contributed by atoms with Gasteiger partial charge in [-0.25, -0.2) is 9.18 Å². The molecule has 0 bridgehead atoms. The predicted molar refractivity (Wildman–Crippen MR) is 56.3 cm³/mol. The maximum atomic E-state index is 13.3. The third kappa shape index (κ3) is 3.82. The van der Waals surface area contributed by atoms with Gasteiger partial charge in [-0.05, 0) is 12.1 Å². The Morgan fingerprint density at radius 2 is 1.89 bits per heavy atom. The summed E-state index contributed by atoms with van der Waals surface area (Å²) in [7, 11) is 0. The number of halogens is 5. The molecular weight excluding hydrogens is 294 g/mol. The molecule has 1 amide bonds. The van der Waals surface area contributed by atoms with Gasteiger partial charge in [0.1, 0.15) is 5.82 Å². The highest BCUT2D eigenvalue weighted by molar-refractivity contribution is 6.33. The number of carbonyl (C=O) groups excluding carboxylic acids is 1. The SMILES string of the molecule is O=C(O)c1cc(CNC(=O)C(F)(F)F)c(F)cc1Cl. The number of benzene rings is 1. The lowest BCUT2D eigenvalue weighted by molar-refractivity contribution is -0.173. The van der Waals surface area contributed by atoms with Crippen molar-refractivity contribution in [2.75, 3.05) is 0 Å². The van der Waals surface area contributed by atoms with E-state index in [0.717, 1.165) is 6.07 Å². The smallest absolute Gasteiger partial charge is 0.471 e. The number of carbonyl (C=O) groups is 2. The van der Waals surface area contributed by atoms with E-state index < -0.39 is 46.6 Å². The minimum absolute atomic E-state index is 0.393. The number of aromatic carboxylic acids is 1. The Bertz CT molecular complexity index is 530. The Balaban J connectivity index is 2.93. The fourth-order valence-electron chi connectivity index (χ4n) is 1.17. The van der Waals surface area contributed by atoms with Crippen molar-refractivity contribution in [3.8, 4) is 0 Å². The number of alkyl halides is 3. The van der Waals surface area contributed by atoms with Gasteiger partial charge in [0.15, 0.2) is 0 Å². The van der Waals surface area contributed by atoms with Crippen molar-refractivity contribution in [2.45, 2.75) is 12.7 Å². The lowest BCUT2D eigenvalue weighted by Crippen LogP contribution is -2.36. The maximum Gasteiger partial charge on any atom is 0.471 e. The number of hydrogen-bond donors (Lipinski definition) is 2. The third-order valence-electron chi connectivity index (χ3n) is 2.06. The molecule has 4 nitrogen and oxygen atoms in total. The molecular formula is C10H6ClF4NO3. The third-order valence-corrected chi connectivity index (χ3v) is 2.38. The Hall–Kier alpha value is -1.83. The first-order valence-corrected chi connectivity index (χ1v) is 5.07. The number of nitrogens with one attached hydrogen (secondary N) is 1. The molecule has 0 aliphatic carbocycles. The quantitative estimate of drug-likeness (QED) is 0.842. The summed E-state index contributed by atoms with van der Waals surface area (Å²) in [4.78, 5) is 21.2. The van der Waals surface area contributed by atoms with Gasteiger partial charge in [0.05, 0.1) is 10.6 Å². The zero-order valence-electron chi connectivity index (χ0n) is 9.02. The summed E-state index contributed by atoms with van der Waals surface area (Å²) in [6.45, 7) is -0.804. The van der Waals surface area contributed by atoms with E-state index in [4.69, 9.17) is 16.7 Å². The van der Waals surface area contributed by atoms with Crippen LogP contribution in [0.4, 0.5) is 17.6 Å². The van der Waals surface area contributed by atoms with Gasteiger partial charge in [-0.2, -0.15) is 13.2 Å². The lowest BCUT2D eigenvalue weighted by Gasteiger charge is -2.10. The van der Waals surface area contributed by atoms with Crippen molar-refractivity contribution in [1.82, 2.24) is 5.32 Å². The van der Waals surface area contributed by atoms with E-state index in [-0.39, 0.29) is 0 Å². The predicted octanol–water partition coefficient (Wildman–Crippen LogP) is 2.36. The number of hydrogen-bond acceptors (Lipinski definition) is 2. The molecule has 0 aromatic heterocycles. The van der Waals surface area contributed by atoms with Crippen LogP contribution in [0.3, 0.4) is 0 Å². The van der Waals surface area contributed by atoms with Gasteiger partial charge in [0.25, 0.3) is 0 Å². The van der Waals surface area contributed by atoms with E-state index in [1.807, 2.05) is 0 Å². The van der Waals surface area contributed by atoms with Crippen LogP contribution in [0.1, 0.15) is 15.9 Å². The minimum atomic E-state index is -5.10. The summed E-state index contributed by atoms with van der Waals surface area (Å²) in [6, 6.07) is 1.41. The topological polar surface area (TPSA) is 66.4 Å². The fraction of sp³-hybridized carbons (Fsp3) is 0.200. The van der Waals surface area contributed by atoms with Gasteiger partial charge < -0.3 is 10.4 Å². The summed E-state index contributed by atoms with van der Waals surface area (Å²) in [5, 5.41) is 9.75. The summed E-state index contributed by atoms with van der Waals surface area (Å²) in [5.41, 5.74) is -0.890. The molecule has 0 unspecified atom stereocenters. The molecule has 1 aromatic rings. The molecule has 9 heteroatoms. The van der Waals surface area contributed by atoms with Gasteiger partial charge in [0.2, 0.25) is 0 Å². The van der Waals surface area contributed by atoms with Gasteiger partial charge in [-0.15, -0.1) is 0 Å². The van der Waals surface area contributed by atoms with E-state index in [0.29, 0.717) is 6.07 Å². The van der Waals surface area contributed by atoms with Crippen LogP contribution in [0.15, 0.2) is 12.1 Å². The van der Waals surface area contributed by atoms with Crippen molar-refractivity contribution in [2.24, 2.45) is 0 Å². The van der Waals surface area contributed by atoms with Crippen molar-refractivity contribution in [1.29, 1.82) is 0 Å². The number of carboxylic acids is 1. The monoisotopic (exact) mass is 299 g/mol. The minimum Gasteiger partial charge on any atom is -0.478 e. The number of rotatable bonds is 3. The first-order chi connectivity index (χ1) is 8.62. The molecule has 0 fully saturated rings. The molecule has 104 valence electrons. The molecule has 0 spiro atoms. The van der Waals surface area contributed by atoms with Gasteiger partial charge in [-0.1, -0.05) is 11.6 Å². The van der Waals surface area contributed by atoms with Crippen molar-refractivity contribution >= 4 is 23.5 Å². The summed E-state index contributed by atoms with van der Waals surface area (Å²) < 4.78 is 49.0. The average Bonchev–Trinajstić information content (AvgIpc) is 2.25. The van der Waals surface area contributed by atoms with Crippen molar-refractivity contribution in [3.63, 3.8) is 0 Å². The molecule has 0 atom stereocenters. The van der Waals surface area contributed by atoms with Gasteiger partial charge in [-0.3, -0.25) is 4.79 Å². The Morgan fingerprint density at radius 1 is 1.32 bits per heavy atom. The first-order valence-electron chi connectivity index (χ1n) is 4.69. The molecule has 2 N–H and O–H groups in total. The zero-order chi connectivity index (χ0) is 14.8. The highest BCUT2D eigenvalue weighted by Gasteiger charge is 2.38. The summed E-state index contributed by atoms with van der Waals surface area (Å²) in [6.07, 6.45) is -5.10. The zero-order valence-corrected chi connectivity index (χ0v) is 9.77. The van der Waals surface area contributed by atoms with Crippen molar-refractivity contribution in [3.05, 3.63) is 34.1 Å². The molecule has 1 rings (SSSR count). The molecule has 0 aliphatic rings. The molecule has 1 aromatic carbocycles. The maximum absolute atomic E-state index is 13.3. The van der Waals surface area contributed by atoms with Crippen LogP contribution >= 0.6 is 11.6 Å².